The Morgan fingerprint density at radius 3 is 2.88 bits per heavy atom. The Morgan fingerprint density at radius 1 is 1.32 bits per heavy atom. The van der Waals surface area contributed by atoms with Crippen molar-refractivity contribution in [3.05, 3.63) is 42.5 Å². The highest BCUT2D eigenvalue weighted by molar-refractivity contribution is 6.04. The van der Waals surface area contributed by atoms with Crippen LogP contribution >= 0.6 is 0 Å². The molecular formula is C19H24N2O4. The number of aliphatic hydroxyl groups is 1. The summed E-state index contributed by atoms with van der Waals surface area (Å²) in [5.74, 6) is 0.480. The third-order valence-corrected chi connectivity index (χ3v) is 4.69. The lowest BCUT2D eigenvalue weighted by molar-refractivity contribution is -0.129. The summed E-state index contributed by atoms with van der Waals surface area (Å²) in [6.45, 7) is 4.33. The average molecular weight is 344 g/mol. The number of urea groups is 1. The van der Waals surface area contributed by atoms with Crippen LogP contribution in [0.2, 0.25) is 0 Å². The quantitative estimate of drug-likeness (QED) is 0.606. The van der Waals surface area contributed by atoms with E-state index in [0.717, 1.165) is 18.4 Å². The molecular weight excluding hydrogens is 320 g/mol. The summed E-state index contributed by atoms with van der Waals surface area (Å²) in [6, 6.07) is 6.91. The van der Waals surface area contributed by atoms with Crippen LogP contribution < -0.4 is 4.74 Å². The zero-order valence-electron chi connectivity index (χ0n) is 14.3. The third-order valence-electron chi connectivity index (χ3n) is 4.69. The number of carbonyl (C=O) groups is 2. The number of hydrogen-bond acceptors (Lipinski definition) is 4. The first-order valence-corrected chi connectivity index (χ1v) is 8.73. The number of ether oxygens (including phenoxy) is 1. The Labute approximate surface area is 147 Å². The first-order valence-electron chi connectivity index (χ1n) is 8.73. The first kappa shape index (κ1) is 17.5. The first-order chi connectivity index (χ1) is 12.1. The zero-order valence-corrected chi connectivity index (χ0v) is 14.3. The fourth-order valence-corrected chi connectivity index (χ4v) is 3.43. The molecule has 2 aliphatic heterocycles. The number of allylic oxidation sites excluding steroid dienone is 1. The van der Waals surface area contributed by atoms with E-state index >= 15 is 0 Å². The Kier molecular flexibility index (Phi) is 5.38. The van der Waals surface area contributed by atoms with E-state index in [1.807, 2.05) is 24.3 Å². The molecule has 0 unspecified atom stereocenters. The van der Waals surface area contributed by atoms with Gasteiger partial charge in [0.2, 0.25) is 0 Å². The van der Waals surface area contributed by atoms with E-state index in [-0.39, 0.29) is 31.1 Å². The topological polar surface area (TPSA) is 70.1 Å². The van der Waals surface area contributed by atoms with Crippen LogP contribution in [0.15, 0.2) is 36.9 Å². The Hall–Kier alpha value is -2.34. The second-order valence-electron chi connectivity index (χ2n) is 6.50. The van der Waals surface area contributed by atoms with Crippen LogP contribution in [-0.2, 0) is 11.2 Å². The minimum atomic E-state index is -0.925. The second-order valence-corrected chi connectivity index (χ2v) is 6.50. The SMILES string of the molecule is C=CCc1ccccc1OC[C@H](O)CN1C(=O)[C@H]2CCCCN2C1=O. The number of hydrogen-bond donors (Lipinski definition) is 1. The second kappa shape index (κ2) is 7.70. The zero-order chi connectivity index (χ0) is 17.8. The molecule has 2 saturated heterocycles. The highest BCUT2D eigenvalue weighted by Crippen LogP contribution is 2.26. The summed E-state index contributed by atoms with van der Waals surface area (Å²) in [4.78, 5) is 27.6. The van der Waals surface area contributed by atoms with Crippen molar-refractivity contribution >= 4 is 11.9 Å². The summed E-state index contributed by atoms with van der Waals surface area (Å²) >= 11 is 0. The lowest BCUT2D eigenvalue weighted by atomic mass is 10.0. The molecule has 3 amide bonds. The molecule has 6 nitrogen and oxygen atoms in total. The number of β-amino-alcohol motifs (C(OH)–C–C–N with tert-alkyl or cyclic N) is 1. The van der Waals surface area contributed by atoms with Gasteiger partial charge in [0, 0.05) is 6.54 Å². The van der Waals surface area contributed by atoms with E-state index in [9.17, 15) is 14.7 Å². The van der Waals surface area contributed by atoms with Crippen molar-refractivity contribution in [2.45, 2.75) is 37.8 Å². The van der Waals surface area contributed by atoms with E-state index < -0.39 is 6.10 Å². The maximum Gasteiger partial charge on any atom is 0.327 e. The van der Waals surface area contributed by atoms with Crippen molar-refractivity contribution in [2.75, 3.05) is 19.7 Å². The van der Waals surface area contributed by atoms with Crippen LogP contribution in [0.5, 0.6) is 5.75 Å². The Bertz CT molecular complexity index is 637. The van der Waals surface area contributed by atoms with E-state index in [0.29, 0.717) is 25.1 Å². The number of para-hydroxylation sites is 1. The Morgan fingerprint density at radius 2 is 2.12 bits per heavy atom. The molecule has 1 N–H and O–H groups in total. The van der Waals surface area contributed by atoms with Crippen molar-refractivity contribution < 1.29 is 19.4 Å². The molecule has 2 aliphatic rings. The van der Waals surface area contributed by atoms with E-state index in [2.05, 4.69) is 6.58 Å². The van der Waals surface area contributed by atoms with Crippen LogP contribution in [-0.4, -0.2) is 58.7 Å². The molecule has 3 rings (SSSR count). The van der Waals surface area contributed by atoms with E-state index in [1.54, 1.807) is 11.0 Å². The van der Waals surface area contributed by atoms with Crippen LogP contribution in [0.3, 0.4) is 0 Å². The number of rotatable bonds is 7. The molecule has 0 bridgehead atoms. The normalized spacial score (nSPS) is 21.2. The number of aliphatic hydroxyl groups excluding tert-OH is 1. The van der Waals surface area contributed by atoms with E-state index in [1.165, 1.54) is 4.90 Å². The number of piperidine rings is 1. The average Bonchev–Trinajstić information content (AvgIpc) is 2.87. The molecule has 2 heterocycles. The number of imide groups is 1. The van der Waals surface area contributed by atoms with Gasteiger partial charge in [0.25, 0.3) is 5.91 Å². The van der Waals surface area contributed by atoms with Gasteiger partial charge in [-0.2, -0.15) is 0 Å². The minimum absolute atomic E-state index is 0.0237. The van der Waals surface area contributed by atoms with Gasteiger partial charge in [0.05, 0.1) is 6.54 Å². The van der Waals surface area contributed by atoms with Crippen molar-refractivity contribution in [3.63, 3.8) is 0 Å². The number of carbonyl (C=O) groups excluding carboxylic acids is 2. The van der Waals surface area contributed by atoms with Gasteiger partial charge in [0.15, 0.2) is 0 Å². The fourth-order valence-electron chi connectivity index (χ4n) is 3.43. The van der Waals surface area contributed by atoms with Crippen molar-refractivity contribution in [2.24, 2.45) is 0 Å². The summed E-state index contributed by atoms with van der Waals surface area (Å²) < 4.78 is 5.69. The number of fused-ring (bicyclic) bond motifs is 1. The van der Waals surface area contributed by atoms with Crippen molar-refractivity contribution in [1.29, 1.82) is 0 Å². The molecule has 1 aromatic carbocycles. The largest absolute Gasteiger partial charge is 0.491 e. The summed E-state index contributed by atoms with van der Waals surface area (Å²) in [5.41, 5.74) is 0.982. The smallest absolute Gasteiger partial charge is 0.327 e. The number of amides is 3. The summed E-state index contributed by atoms with van der Waals surface area (Å²) in [6.07, 6.45) is 4.13. The van der Waals surface area contributed by atoms with Gasteiger partial charge in [-0.1, -0.05) is 24.3 Å². The van der Waals surface area contributed by atoms with Gasteiger partial charge in [-0.25, -0.2) is 4.79 Å². The lowest BCUT2D eigenvalue weighted by Crippen LogP contribution is -2.40. The van der Waals surface area contributed by atoms with Crippen LogP contribution in [0.4, 0.5) is 4.79 Å². The Balaban J connectivity index is 1.58. The van der Waals surface area contributed by atoms with Gasteiger partial charge in [-0.05, 0) is 37.3 Å². The molecule has 0 radical (unpaired) electrons. The van der Waals surface area contributed by atoms with Crippen LogP contribution in [0.1, 0.15) is 24.8 Å². The molecule has 0 aromatic heterocycles. The van der Waals surface area contributed by atoms with Crippen molar-refractivity contribution in [1.82, 2.24) is 9.80 Å². The van der Waals surface area contributed by atoms with Gasteiger partial charge >= 0.3 is 6.03 Å². The molecule has 0 aliphatic carbocycles. The van der Waals surface area contributed by atoms with Crippen LogP contribution in [0, 0.1) is 0 Å². The minimum Gasteiger partial charge on any atom is -0.491 e. The standard InChI is InChI=1S/C19H24N2O4/c1-2-7-14-8-3-4-10-17(14)25-13-15(22)12-21-18(23)16-9-5-6-11-20(16)19(21)24/h2-4,8,10,15-16,22H,1,5-7,9,11-13H2/t15-,16-/m1/s1. The predicted octanol–water partition coefficient (Wildman–Crippen LogP) is 1.97. The molecule has 2 atom stereocenters. The lowest BCUT2D eigenvalue weighted by Gasteiger charge is -2.26. The number of nitrogens with zero attached hydrogens (tertiary/aromatic N) is 2. The maximum atomic E-state index is 12.4. The summed E-state index contributed by atoms with van der Waals surface area (Å²) in [5, 5.41) is 10.3. The fraction of sp³-hybridized carbons (Fsp3) is 0.474. The predicted molar refractivity (Wildman–Crippen MR) is 93.3 cm³/mol. The molecule has 6 heteroatoms. The highest BCUT2D eigenvalue weighted by atomic mass is 16.5. The summed E-state index contributed by atoms with van der Waals surface area (Å²) in [7, 11) is 0. The molecule has 0 spiro atoms. The van der Waals surface area contributed by atoms with Crippen LogP contribution in [0.25, 0.3) is 0 Å². The van der Waals surface area contributed by atoms with Gasteiger partial charge < -0.3 is 14.7 Å². The van der Waals surface area contributed by atoms with Crippen molar-refractivity contribution in [3.8, 4) is 5.75 Å². The van der Waals surface area contributed by atoms with Gasteiger partial charge in [0.1, 0.15) is 24.5 Å². The van der Waals surface area contributed by atoms with Gasteiger partial charge in [-0.3, -0.25) is 9.69 Å². The maximum absolute atomic E-state index is 12.4. The monoisotopic (exact) mass is 344 g/mol. The molecule has 2 fully saturated rings. The highest BCUT2D eigenvalue weighted by Gasteiger charge is 2.46. The molecule has 25 heavy (non-hydrogen) atoms. The number of benzene rings is 1. The molecule has 134 valence electrons. The molecule has 0 saturated carbocycles. The van der Waals surface area contributed by atoms with E-state index in [4.69, 9.17) is 4.74 Å². The molecule has 1 aromatic rings. The van der Waals surface area contributed by atoms with Gasteiger partial charge in [-0.15, -0.1) is 6.58 Å². The third kappa shape index (κ3) is 3.69.